The molecule has 3 unspecified atom stereocenters. The van der Waals surface area contributed by atoms with Gasteiger partial charge in [0.15, 0.2) is 10.8 Å². The summed E-state index contributed by atoms with van der Waals surface area (Å²) in [5.41, 5.74) is 0.945. The quantitative estimate of drug-likeness (QED) is 0.388. The van der Waals surface area contributed by atoms with E-state index in [1.807, 2.05) is 0 Å². The van der Waals surface area contributed by atoms with Crippen LogP contribution in [-0.4, -0.2) is 88.3 Å². The molecular weight excluding hydrogens is 587 g/mol. The average Bonchev–Trinajstić information content (AvgIpc) is 3.66. The molecule has 230 valence electrons. The number of esters is 1. The summed E-state index contributed by atoms with van der Waals surface area (Å²) in [6.45, 7) is 3.71. The third kappa shape index (κ3) is 5.77. The van der Waals surface area contributed by atoms with Gasteiger partial charge in [0.2, 0.25) is 5.91 Å². The largest absolute Gasteiger partial charge is 0.481 e. The van der Waals surface area contributed by atoms with Gasteiger partial charge in [-0.05, 0) is 37.5 Å². The summed E-state index contributed by atoms with van der Waals surface area (Å²) in [6.07, 6.45) is 1.82. The highest BCUT2D eigenvalue weighted by molar-refractivity contribution is 7.11. The van der Waals surface area contributed by atoms with Gasteiger partial charge in [-0.15, -0.1) is 11.3 Å². The highest BCUT2D eigenvalue weighted by Crippen LogP contribution is 2.44. The van der Waals surface area contributed by atoms with Crippen molar-refractivity contribution in [3.63, 3.8) is 0 Å². The van der Waals surface area contributed by atoms with E-state index < -0.39 is 60.0 Å². The van der Waals surface area contributed by atoms with Crippen molar-refractivity contribution in [3.8, 4) is 0 Å². The smallest absolute Gasteiger partial charge is 0.338 e. The molecule has 2 fully saturated rings. The first-order valence-electron chi connectivity index (χ1n) is 14.0. The SMILES string of the molecule is CCOC(=O)C1=C(CN2CC(F)(F)C3C(=O)N(CC(CC)C(=O)O)CC32)NC(c2nccs2)=N[C@H]1c1cccc(F)c1C. The Labute approximate surface area is 250 Å². The average molecular weight is 620 g/mol. The second-order valence-corrected chi connectivity index (χ2v) is 11.7. The van der Waals surface area contributed by atoms with Crippen LogP contribution < -0.4 is 5.32 Å². The van der Waals surface area contributed by atoms with E-state index in [0.717, 1.165) is 0 Å². The lowest BCUT2D eigenvalue weighted by atomic mass is 9.92. The monoisotopic (exact) mass is 619 g/mol. The Morgan fingerprint density at radius 3 is 2.72 bits per heavy atom. The van der Waals surface area contributed by atoms with E-state index in [-0.39, 0.29) is 55.3 Å². The van der Waals surface area contributed by atoms with Crippen LogP contribution >= 0.6 is 11.3 Å². The lowest BCUT2D eigenvalue weighted by Crippen LogP contribution is -2.44. The Morgan fingerprint density at radius 1 is 1.30 bits per heavy atom. The number of alkyl halides is 2. The number of amides is 1. The minimum atomic E-state index is -3.38. The van der Waals surface area contributed by atoms with Crippen LogP contribution in [0.5, 0.6) is 0 Å². The number of halogens is 3. The van der Waals surface area contributed by atoms with Crippen molar-refractivity contribution in [3.05, 3.63) is 63.0 Å². The molecule has 2 N–H and O–H groups in total. The van der Waals surface area contributed by atoms with Gasteiger partial charge in [0.25, 0.3) is 5.92 Å². The number of carbonyl (C=O) groups excluding carboxylic acids is 2. The fraction of sp³-hybridized carbons (Fsp3) is 0.483. The first-order valence-corrected chi connectivity index (χ1v) is 14.9. The van der Waals surface area contributed by atoms with E-state index in [9.17, 15) is 23.9 Å². The lowest BCUT2D eigenvalue weighted by molar-refractivity contribution is -0.145. The number of hydrogen-bond acceptors (Lipinski definition) is 9. The summed E-state index contributed by atoms with van der Waals surface area (Å²) in [4.78, 5) is 49.9. The highest BCUT2D eigenvalue weighted by Gasteiger charge is 2.63. The summed E-state index contributed by atoms with van der Waals surface area (Å²) < 4.78 is 50.9. The van der Waals surface area contributed by atoms with E-state index in [2.05, 4.69) is 10.3 Å². The van der Waals surface area contributed by atoms with Crippen molar-refractivity contribution < 1.29 is 37.4 Å². The molecule has 3 aliphatic rings. The number of amidine groups is 1. The molecule has 2 aromatic rings. The summed E-state index contributed by atoms with van der Waals surface area (Å²) in [6, 6.07) is 2.50. The number of thiazole rings is 1. The molecule has 0 bridgehead atoms. The second kappa shape index (κ2) is 12.1. The predicted octanol–water partition coefficient (Wildman–Crippen LogP) is 3.39. The molecule has 1 aromatic carbocycles. The van der Waals surface area contributed by atoms with Crippen LogP contribution in [0.4, 0.5) is 13.2 Å². The van der Waals surface area contributed by atoms with Crippen molar-refractivity contribution in [2.75, 3.05) is 32.8 Å². The van der Waals surface area contributed by atoms with Gasteiger partial charge in [-0.1, -0.05) is 19.1 Å². The molecule has 1 aromatic heterocycles. The molecule has 0 spiro atoms. The highest BCUT2D eigenvalue weighted by atomic mass is 32.1. The van der Waals surface area contributed by atoms with Gasteiger partial charge in [-0.2, -0.15) is 0 Å². The van der Waals surface area contributed by atoms with Crippen LogP contribution in [-0.2, 0) is 19.1 Å². The summed E-state index contributed by atoms with van der Waals surface area (Å²) in [5.74, 6) is -8.75. The number of nitrogens with one attached hydrogen (secondary N) is 1. The number of carboxylic acids is 1. The minimum absolute atomic E-state index is 0.0334. The third-order valence-corrected chi connectivity index (χ3v) is 8.99. The van der Waals surface area contributed by atoms with Crippen molar-refractivity contribution in [1.82, 2.24) is 20.1 Å². The first-order chi connectivity index (χ1) is 20.5. The second-order valence-electron chi connectivity index (χ2n) is 10.8. The van der Waals surface area contributed by atoms with Crippen LogP contribution in [0.15, 0.2) is 46.0 Å². The van der Waals surface area contributed by atoms with Gasteiger partial charge in [0.05, 0.1) is 24.6 Å². The lowest BCUT2D eigenvalue weighted by Gasteiger charge is -2.31. The molecule has 1 amide bonds. The van der Waals surface area contributed by atoms with E-state index in [0.29, 0.717) is 10.6 Å². The summed E-state index contributed by atoms with van der Waals surface area (Å²) >= 11 is 1.27. The number of carbonyl (C=O) groups is 3. The van der Waals surface area contributed by atoms with Crippen LogP contribution in [0.2, 0.25) is 0 Å². The molecule has 4 atom stereocenters. The number of aromatic nitrogens is 1. The van der Waals surface area contributed by atoms with Crippen LogP contribution in [0.3, 0.4) is 0 Å². The number of carboxylic acid groups (broad SMARTS) is 1. The number of hydrogen-bond donors (Lipinski definition) is 2. The van der Waals surface area contributed by atoms with Gasteiger partial charge >= 0.3 is 11.9 Å². The van der Waals surface area contributed by atoms with Gasteiger partial charge in [0, 0.05) is 43.0 Å². The molecule has 14 heteroatoms. The van der Waals surface area contributed by atoms with Crippen molar-refractivity contribution in [2.24, 2.45) is 16.8 Å². The number of ether oxygens (including phenoxy) is 1. The molecule has 10 nitrogen and oxygen atoms in total. The van der Waals surface area contributed by atoms with Crippen LogP contribution in [0.1, 0.15) is 42.4 Å². The Kier molecular flexibility index (Phi) is 8.61. The Morgan fingerprint density at radius 2 is 2.07 bits per heavy atom. The molecule has 43 heavy (non-hydrogen) atoms. The number of rotatable bonds is 10. The van der Waals surface area contributed by atoms with Gasteiger partial charge in [0.1, 0.15) is 17.8 Å². The summed E-state index contributed by atoms with van der Waals surface area (Å²) in [7, 11) is 0. The Hall–Kier alpha value is -3.78. The molecule has 2 saturated heterocycles. The van der Waals surface area contributed by atoms with Gasteiger partial charge < -0.3 is 20.1 Å². The fourth-order valence-corrected chi connectivity index (χ4v) is 6.60. The number of benzene rings is 1. The maximum Gasteiger partial charge on any atom is 0.338 e. The van der Waals surface area contributed by atoms with E-state index in [4.69, 9.17) is 9.73 Å². The van der Waals surface area contributed by atoms with Gasteiger partial charge in [-0.25, -0.2) is 22.9 Å². The number of fused-ring (bicyclic) bond motifs is 1. The molecule has 3 aliphatic heterocycles. The zero-order chi connectivity index (χ0) is 31.1. The molecule has 0 aliphatic carbocycles. The topological polar surface area (TPSA) is 124 Å². The third-order valence-electron chi connectivity index (χ3n) is 8.21. The zero-order valence-corrected chi connectivity index (χ0v) is 24.7. The standard InChI is InChI=1S/C29H32F3N5O5S/c1-4-16(27(39)40)11-36-13-20-22(26(36)38)29(31,32)14-37(20)12-19-21(28(41)42-5-2)23(17-7-6-8-18(30)15(17)3)35-24(34-19)25-33-9-10-43-25/h6-10,16,20,22-23H,4-5,11-14H2,1-3H3,(H,34,35)(H,39,40)/t16?,20?,22?,23-/m0/s1. The summed E-state index contributed by atoms with van der Waals surface area (Å²) in [5, 5.41) is 14.8. The molecule has 5 rings (SSSR count). The van der Waals surface area contributed by atoms with E-state index in [1.54, 1.807) is 38.4 Å². The Bertz CT molecular complexity index is 1480. The van der Waals surface area contributed by atoms with Crippen LogP contribution in [0.25, 0.3) is 0 Å². The van der Waals surface area contributed by atoms with E-state index in [1.165, 1.54) is 33.3 Å². The number of aliphatic carboxylic acids is 1. The number of nitrogens with zero attached hydrogens (tertiary/aromatic N) is 4. The first kappa shape index (κ1) is 30.7. The number of aliphatic imine (C=N–C) groups is 1. The molecule has 0 saturated carbocycles. The number of likely N-dealkylation sites (tertiary alicyclic amines) is 2. The van der Waals surface area contributed by atoms with Crippen molar-refractivity contribution >= 4 is 35.0 Å². The minimum Gasteiger partial charge on any atom is -0.481 e. The molecular formula is C29H32F3N5O5S. The molecule has 4 heterocycles. The maximum atomic E-state index is 15.4. The van der Waals surface area contributed by atoms with E-state index >= 15 is 8.78 Å². The normalized spacial score (nSPS) is 24.0. The molecule has 0 radical (unpaired) electrons. The van der Waals surface area contributed by atoms with Crippen molar-refractivity contribution in [2.45, 2.75) is 45.2 Å². The zero-order valence-electron chi connectivity index (χ0n) is 23.8. The maximum absolute atomic E-state index is 15.4. The van der Waals surface area contributed by atoms with Crippen molar-refractivity contribution in [1.29, 1.82) is 0 Å². The van der Waals surface area contributed by atoms with Crippen LogP contribution in [0, 0.1) is 24.6 Å². The fourth-order valence-electron chi connectivity index (χ4n) is 6.01. The Balaban J connectivity index is 1.55. The van der Waals surface area contributed by atoms with Gasteiger partial charge in [-0.3, -0.25) is 19.5 Å². The predicted molar refractivity (Wildman–Crippen MR) is 151 cm³/mol.